The number of esters is 1. The van der Waals surface area contributed by atoms with E-state index in [-0.39, 0.29) is 11.1 Å². The molecule has 2 aromatic rings. The van der Waals surface area contributed by atoms with Crippen molar-refractivity contribution in [2.75, 3.05) is 7.11 Å². The van der Waals surface area contributed by atoms with Gasteiger partial charge in [-0.15, -0.1) is 0 Å². The third-order valence-electron chi connectivity index (χ3n) is 3.90. The van der Waals surface area contributed by atoms with Crippen LogP contribution in [0.25, 0.3) is 11.1 Å². The first-order valence-electron chi connectivity index (χ1n) is 8.07. The van der Waals surface area contributed by atoms with E-state index in [4.69, 9.17) is 0 Å². The zero-order chi connectivity index (χ0) is 20.9. The lowest BCUT2D eigenvalue weighted by molar-refractivity contribution is -0.144. The Bertz CT molecular complexity index is 834. The fraction of sp³-hybridized carbons (Fsp3) is 0.263. The summed E-state index contributed by atoms with van der Waals surface area (Å²) in [5.41, 5.74) is -0.220. The second kappa shape index (κ2) is 8.81. The molecule has 1 atom stereocenters. The maximum Gasteiger partial charge on any atom is 0.416 e. The van der Waals surface area contributed by atoms with E-state index in [1.54, 1.807) is 6.07 Å². The summed E-state index contributed by atoms with van der Waals surface area (Å²) >= 11 is 0. The van der Waals surface area contributed by atoms with Crippen LogP contribution >= 0.6 is 0 Å². The van der Waals surface area contributed by atoms with Crippen molar-refractivity contribution in [2.24, 2.45) is 0 Å². The van der Waals surface area contributed by atoms with Gasteiger partial charge in [-0.05, 0) is 29.3 Å². The first-order chi connectivity index (χ1) is 13.1. The molecule has 0 aliphatic carbocycles. The summed E-state index contributed by atoms with van der Waals surface area (Å²) in [6.45, 7) is 0. The van der Waals surface area contributed by atoms with E-state index in [0.717, 1.165) is 19.2 Å². The Hall–Kier alpha value is -2.97. The number of carbonyl (C=O) groups excluding carboxylic acids is 2. The van der Waals surface area contributed by atoms with E-state index in [2.05, 4.69) is 10.1 Å². The lowest BCUT2D eigenvalue weighted by Crippen LogP contribution is -2.42. The van der Waals surface area contributed by atoms with E-state index >= 15 is 0 Å². The number of carbonyl (C=O) groups is 2. The number of amides is 1. The smallest absolute Gasteiger partial charge is 0.416 e. The Morgan fingerprint density at radius 3 is 2.18 bits per heavy atom. The Morgan fingerprint density at radius 1 is 1.04 bits per heavy atom. The van der Waals surface area contributed by atoms with Crippen molar-refractivity contribution in [1.82, 2.24) is 5.32 Å². The fourth-order valence-electron chi connectivity index (χ4n) is 2.54. The Labute approximate surface area is 157 Å². The largest absolute Gasteiger partial charge is 0.467 e. The predicted molar refractivity (Wildman–Crippen MR) is 90.8 cm³/mol. The Morgan fingerprint density at radius 2 is 1.64 bits per heavy atom. The number of alkyl halides is 5. The molecule has 0 heterocycles. The summed E-state index contributed by atoms with van der Waals surface area (Å²) in [5.74, 6) is -1.85. The van der Waals surface area contributed by atoms with Crippen LogP contribution in [0.15, 0.2) is 48.5 Å². The third-order valence-corrected chi connectivity index (χ3v) is 3.90. The van der Waals surface area contributed by atoms with Gasteiger partial charge in [-0.2, -0.15) is 13.2 Å². The van der Waals surface area contributed by atoms with Gasteiger partial charge in [-0.3, -0.25) is 4.79 Å². The van der Waals surface area contributed by atoms with Crippen LogP contribution in [0.2, 0.25) is 0 Å². The van der Waals surface area contributed by atoms with Gasteiger partial charge in [0.05, 0.1) is 12.7 Å². The molecule has 0 saturated carbocycles. The van der Waals surface area contributed by atoms with Crippen LogP contribution in [0.5, 0.6) is 0 Å². The van der Waals surface area contributed by atoms with Gasteiger partial charge in [0.1, 0.15) is 6.04 Å². The molecule has 0 radical (unpaired) electrons. The van der Waals surface area contributed by atoms with E-state index in [1.165, 1.54) is 30.3 Å². The van der Waals surface area contributed by atoms with Gasteiger partial charge >= 0.3 is 12.1 Å². The second-order valence-electron chi connectivity index (χ2n) is 5.80. The zero-order valence-electron chi connectivity index (χ0n) is 14.6. The maximum absolute atomic E-state index is 12.7. The van der Waals surface area contributed by atoms with Crippen molar-refractivity contribution in [3.05, 3.63) is 59.7 Å². The van der Waals surface area contributed by atoms with Crippen molar-refractivity contribution < 1.29 is 36.3 Å². The van der Waals surface area contributed by atoms with Crippen molar-refractivity contribution in [1.29, 1.82) is 0 Å². The summed E-state index contributed by atoms with van der Waals surface area (Å²) in [6.07, 6.45) is -8.28. The highest BCUT2D eigenvalue weighted by Crippen LogP contribution is 2.31. The molecule has 2 rings (SSSR count). The topological polar surface area (TPSA) is 55.4 Å². The van der Waals surface area contributed by atoms with E-state index in [0.29, 0.717) is 5.56 Å². The first kappa shape index (κ1) is 21.3. The van der Waals surface area contributed by atoms with Crippen LogP contribution in [-0.2, 0) is 15.7 Å². The van der Waals surface area contributed by atoms with Crippen LogP contribution in [-0.4, -0.2) is 31.5 Å². The van der Waals surface area contributed by atoms with Crippen molar-refractivity contribution in [3.63, 3.8) is 0 Å². The molecule has 0 spiro atoms. The molecule has 28 heavy (non-hydrogen) atoms. The van der Waals surface area contributed by atoms with Crippen molar-refractivity contribution in [3.8, 4) is 11.1 Å². The predicted octanol–water partition coefficient (Wildman–Crippen LogP) is 4.30. The van der Waals surface area contributed by atoms with Crippen molar-refractivity contribution in [2.45, 2.75) is 25.1 Å². The SMILES string of the molecule is COC(=O)C(CC(F)F)NC(=O)c1ccccc1-c1ccc(C(F)(F)F)cc1. The molecule has 150 valence electrons. The summed E-state index contributed by atoms with van der Waals surface area (Å²) < 4.78 is 67.9. The van der Waals surface area contributed by atoms with Crippen LogP contribution in [0.3, 0.4) is 0 Å². The number of hydrogen-bond donors (Lipinski definition) is 1. The minimum absolute atomic E-state index is 0.0189. The molecule has 0 aliphatic heterocycles. The van der Waals surface area contributed by atoms with Crippen molar-refractivity contribution >= 4 is 11.9 Å². The number of nitrogens with one attached hydrogen (secondary N) is 1. The molecule has 1 amide bonds. The summed E-state index contributed by atoms with van der Waals surface area (Å²) in [6, 6.07) is 8.53. The molecule has 0 saturated heterocycles. The lowest BCUT2D eigenvalue weighted by atomic mass is 9.98. The number of ether oxygens (including phenoxy) is 1. The number of hydrogen-bond acceptors (Lipinski definition) is 3. The number of halogens is 5. The third kappa shape index (κ3) is 5.28. The van der Waals surface area contributed by atoms with Gasteiger partial charge in [-0.1, -0.05) is 30.3 Å². The van der Waals surface area contributed by atoms with Crippen LogP contribution in [0.4, 0.5) is 22.0 Å². The molecule has 1 unspecified atom stereocenters. The average Bonchev–Trinajstić information content (AvgIpc) is 2.65. The van der Waals surface area contributed by atoms with Gasteiger partial charge in [0.2, 0.25) is 6.43 Å². The number of methoxy groups -OCH3 is 1. The molecule has 2 aromatic carbocycles. The second-order valence-corrected chi connectivity index (χ2v) is 5.80. The van der Waals surface area contributed by atoms with E-state index in [9.17, 15) is 31.5 Å². The van der Waals surface area contributed by atoms with Gasteiger partial charge < -0.3 is 10.1 Å². The minimum atomic E-state index is -4.50. The highest BCUT2D eigenvalue weighted by atomic mass is 19.4. The monoisotopic (exact) mass is 401 g/mol. The quantitative estimate of drug-likeness (QED) is 0.580. The molecule has 0 bridgehead atoms. The average molecular weight is 401 g/mol. The first-order valence-corrected chi connectivity index (χ1v) is 8.07. The molecule has 1 N–H and O–H groups in total. The van der Waals surface area contributed by atoms with Gasteiger partial charge in [-0.25, -0.2) is 13.6 Å². The molecular formula is C19H16F5NO3. The number of rotatable bonds is 6. The maximum atomic E-state index is 12.7. The van der Waals surface area contributed by atoms with Gasteiger partial charge in [0.25, 0.3) is 5.91 Å². The molecule has 4 nitrogen and oxygen atoms in total. The molecule has 0 aromatic heterocycles. The van der Waals surface area contributed by atoms with Crippen LogP contribution < -0.4 is 5.32 Å². The van der Waals surface area contributed by atoms with Crippen LogP contribution in [0, 0.1) is 0 Å². The molecule has 9 heteroatoms. The van der Waals surface area contributed by atoms with Gasteiger partial charge in [0.15, 0.2) is 0 Å². The van der Waals surface area contributed by atoms with Crippen LogP contribution in [0.1, 0.15) is 22.3 Å². The zero-order valence-corrected chi connectivity index (χ0v) is 14.6. The minimum Gasteiger partial charge on any atom is -0.467 e. The summed E-state index contributed by atoms with van der Waals surface area (Å²) in [5, 5.41) is 2.19. The van der Waals surface area contributed by atoms with E-state index < -0.39 is 42.5 Å². The number of benzene rings is 2. The normalized spacial score (nSPS) is 12.5. The Balaban J connectivity index is 2.32. The van der Waals surface area contributed by atoms with Gasteiger partial charge in [0, 0.05) is 12.0 Å². The summed E-state index contributed by atoms with van der Waals surface area (Å²) in [4.78, 5) is 24.2. The van der Waals surface area contributed by atoms with E-state index in [1.807, 2.05) is 0 Å². The molecule has 0 aliphatic rings. The molecule has 0 fully saturated rings. The molecular weight excluding hydrogens is 385 g/mol. The fourth-order valence-corrected chi connectivity index (χ4v) is 2.54. The highest BCUT2D eigenvalue weighted by molar-refractivity contribution is 6.02. The highest BCUT2D eigenvalue weighted by Gasteiger charge is 2.30. The summed E-state index contributed by atoms with van der Waals surface area (Å²) in [7, 11) is 1.00. The lowest BCUT2D eigenvalue weighted by Gasteiger charge is -2.17. The standard InChI is InChI=1S/C19H16F5NO3/c1-28-18(27)15(10-16(20)21)25-17(26)14-5-3-2-4-13(14)11-6-8-12(9-7-11)19(22,23)24/h2-9,15-16H,10H2,1H3,(H,25,26). The Kier molecular flexibility index (Phi) is 6.71.